The predicted octanol–water partition coefficient (Wildman–Crippen LogP) is 4.03. The number of aromatic nitrogens is 2. The predicted molar refractivity (Wildman–Crippen MR) is 70.4 cm³/mol. The van der Waals surface area contributed by atoms with Gasteiger partial charge in [-0.3, -0.25) is 4.68 Å². The summed E-state index contributed by atoms with van der Waals surface area (Å²) in [6, 6.07) is 10.4. The van der Waals surface area contributed by atoms with Crippen LogP contribution in [0.15, 0.2) is 34.8 Å². The van der Waals surface area contributed by atoms with Gasteiger partial charge in [0.15, 0.2) is 0 Å². The zero-order valence-corrected chi connectivity index (χ0v) is 11.2. The molecule has 0 saturated heterocycles. The molecule has 0 N–H and O–H groups in total. The topological polar surface area (TPSA) is 17.8 Å². The molecule has 0 bridgehead atoms. The molecule has 84 valence electrons. The summed E-state index contributed by atoms with van der Waals surface area (Å²) >= 11 is 3.44. The summed E-state index contributed by atoms with van der Waals surface area (Å²) in [5.41, 5.74) is 3.44. The van der Waals surface area contributed by atoms with E-state index in [0.717, 1.165) is 23.1 Å². The SMILES string of the molecule is CCCn1nc(-c2ccc(Br)cc2)cc1C. The highest BCUT2D eigenvalue weighted by molar-refractivity contribution is 9.10. The molecular weight excluding hydrogens is 264 g/mol. The minimum Gasteiger partial charge on any atom is -0.269 e. The number of aryl methyl sites for hydroxylation is 2. The first kappa shape index (κ1) is 11.4. The summed E-state index contributed by atoms with van der Waals surface area (Å²) in [5, 5.41) is 4.60. The van der Waals surface area contributed by atoms with Crippen LogP contribution in [-0.4, -0.2) is 9.78 Å². The van der Waals surface area contributed by atoms with Crippen LogP contribution in [0.2, 0.25) is 0 Å². The summed E-state index contributed by atoms with van der Waals surface area (Å²) in [5.74, 6) is 0. The molecule has 0 spiro atoms. The third-order valence-corrected chi connectivity index (χ3v) is 3.09. The van der Waals surface area contributed by atoms with Gasteiger partial charge >= 0.3 is 0 Å². The molecule has 1 aromatic carbocycles. The van der Waals surface area contributed by atoms with Crippen molar-refractivity contribution in [1.29, 1.82) is 0 Å². The quantitative estimate of drug-likeness (QED) is 0.829. The van der Waals surface area contributed by atoms with Crippen molar-refractivity contribution in [2.45, 2.75) is 26.8 Å². The average molecular weight is 279 g/mol. The number of benzene rings is 1. The molecule has 0 atom stereocenters. The Balaban J connectivity index is 2.33. The normalized spacial score (nSPS) is 10.7. The van der Waals surface area contributed by atoms with Crippen LogP contribution in [0.3, 0.4) is 0 Å². The maximum Gasteiger partial charge on any atom is 0.0925 e. The van der Waals surface area contributed by atoms with Crippen molar-refractivity contribution in [2.24, 2.45) is 0 Å². The van der Waals surface area contributed by atoms with E-state index in [1.807, 2.05) is 12.1 Å². The van der Waals surface area contributed by atoms with E-state index in [1.165, 1.54) is 11.3 Å². The number of nitrogens with zero attached hydrogens (tertiary/aromatic N) is 2. The van der Waals surface area contributed by atoms with Gasteiger partial charge < -0.3 is 0 Å². The minimum atomic E-state index is 0.988. The first-order chi connectivity index (χ1) is 7.70. The Kier molecular flexibility index (Phi) is 3.44. The second kappa shape index (κ2) is 4.83. The van der Waals surface area contributed by atoms with E-state index >= 15 is 0 Å². The van der Waals surface area contributed by atoms with Gasteiger partial charge in [0, 0.05) is 22.3 Å². The zero-order chi connectivity index (χ0) is 11.5. The van der Waals surface area contributed by atoms with Crippen molar-refractivity contribution >= 4 is 15.9 Å². The van der Waals surface area contributed by atoms with Crippen LogP contribution in [0.25, 0.3) is 11.3 Å². The molecule has 0 aliphatic heterocycles. The van der Waals surface area contributed by atoms with Crippen LogP contribution in [-0.2, 0) is 6.54 Å². The Bertz CT molecular complexity index is 471. The van der Waals surface area contributed by atoms with Gasteiger partial charge in [0.1, 0.15) is 0 Å². The van der Waals surface area contributed by atoms with E-state index in [2.05, 4.69) is 57.8 Å². The van der Waals surface area contributed by atoms with E-state index in [1.54, 1.807) is 0 Å². The van der Waals surface area contributed by atoms with Crippen molar-refractivity contribution in [3.05, 3.63) is 40.5 Å². The van der Waals surface area contributed by atoms with Crippen LogP contribution < -0.4 is 0 Å². The summed E-state index contributed by atoms with van der Waals surface area (Å²) in [4.78, 5) is 0. The Hall–Kier alpha value is -1.09. The van der Waals surface area contributed by atoms with Gasteiger partial charge in [0.05, 0.1) is 5.69 Å². The van der Waals surface area contributed by atoms with Crippen molar-refractivity contribution < 1.29 is 0 Å². The monoisotopic (exact) mass is 278 g/mol. The van der Waals surface area contributed by atoms with Gasteiger partial charge in [-0.1, -0.05) is 35.0 Å². The minimum absolute atomic E-state index is 0.988. The molecule has 2 rings (SSSR count). The van der Waals surface area contributed by atoms with Crippen molar-refractivity contribution in [1.82, 2.24) is 9.78 Å². The first-order valence-electron chi connectivity index (χ1n) is 5.51. The molecule has 3 heteroatoms. The third kappa shape index (κ3) is 2.35. The summed E-state index contributed by atoms with van der Waals surface area (Å²) in [6.45, 7) is 5.26. The molecule has 0 unspecified atom stereocenters. The van der Waals surface area contributed by atoms with Gasteiger partial charge in [0.2, 0.25) is 0 Å². The molecule has 1 heterocycles. The van der Waals surface area contributed by atoms with Crippen molar-refractivity contribution in [3.8, 4) is 11.3 Å². The molecule has 0 amide bonds. The molecule has 0 aliphatic rings. The van der Waals surface area contributed by atoms with Crippen molar-refractivity contribution in [2.75, 3.05) is 0 Å². The lowest BCUT2D eigenvalue weighted by Gasteiger charge is -2.00. The van der Waals surface area contributed by atoms with Crippen molar-refractivity contribution in [3.63, 3.8) is 0 Å². The fourth-order valence-electron chi connectivity index (χ4n) is 1.71. The molecule has 16 heavy (non-hydrogen) atoms. The third-order valence-electron chi connectivity index (χ3n) is 2.56. The highest BCUT2D eigenvalue weighted by atomic mass is 79.9. The van der Waals surface area contributed by atoms with E-state index in [-0.39, 0.29) is 0 Å². The lowest BCUT2D eigenvalue weighted by Crippen LogP contribution is -2.00. The molecule has 2 aromatic rings. The van der Waals surface area contributed by atoms with Gasteiger partial charge in [-0.15, -0.1) is 0 Å². The van der Waals surface area contributed by atoms with Crippen LogP contribution >= 0.6 is 15.9 Å². The van der Waals surface area contributed by atoms with E-state index in [0.29, 0.717) is 0 Å². The number of halogens is 1. The average Bonchev–Trinajstić information content (AvgIpc) is 2.62. The van der Waals surface area contributed by atoms with Crippen LogP contribution in [0, 0.1) is 6.92 Å². The Morgan fingerprint density at radius 2 is 1.94 bits per heavy atom. The first-order valence-corrected chi connectivity index (χ1v) is 6.30. The van der Waals surface area contributed by atoms with Crippen LogP contribution in [0.4, 0.5) is 0 Å². The highest BCUT2D eigenvalue weighted by Crippen LogP contribution is 2.21. The lowest BCUT2D eigenvalue weighted by molar-refractivity contribution is 0.589. The van der Waals surface area contributed by atoms with Crippen LogP contribution in [0.1, 0.15) is 19.0 Å². The summed E-state index contributed by atoms with van der Waals surface area (Å²) < 4.78 is 3.16. The molecule has 0 radical (unpaired) electrons. The number of hydrogen-bond acceptors (Lipinski definition) is 1. The zero-order valence-electron chi connectivity index (χ0n) is 9.57. The largest absolute Gasteiger partial charge is 0.269 e. The van der Waals surface area contributed by atoms with E-state index < -0.39 is 0 Å². The maximum atomic E-state index is 4.60. The van der Waals surface area contributed by atoms with Gasteiger partial charge in [-0.05, 0) is 31.5 Å². The van der Waals surface area contributed by atoms with Gasteiger partial charge in [0.25, 0.3) is 0 Å². The Morgan fingerprint density at radius 3 is 2.56 bits per heavy atom. The molecule has 0 aliphatic carbocycles. The number of rotatable bonds is 3. The Labute approximate surface area is 104 Å². The van der Waals surface area contributed by atoms with Gasteiger partial charge in [-0.2, -0.15) is 5.10 Å². The smallest absolute Gasteiger partial charge is 0.0925 e. The number of hydrogen-bond donors (Lipinski definition) is 0. The van der Waals surface area contributed by atoms with Gasteiger partial charge in [-0.25, -0.2) is 0 Å². The molecule has 0 fully saturated rings. The fourth-order valence-corrected chi connectivity index (χ4v) is 1.97. The molecule has 0 saturated carbocycles. The maximum absolute atomic E-state index is 4.60. The van der Waals surface area contributed by atoms with E-state index in [4.69, 9.17) is 0 Å². The van der Waals surface area contributed by atoms with E-state index in [9.17, 15) is 0 Å². The lowest BCUT2D eigenvalue weighted by atomic mass is 10.1. The fraction of sp³-hybridized carbons (Fsp3) is 0.308. The molecular formula is C13H15BrN2. The molecule has 1 aromatic heterocycles. The summed E-state index contributed by atoms with van der Waals surface area (Å²) in [6.07, 6.45) is 1.11. The second-order valence-electron chi connectivity index (χ2n) is 3.90. The standard InChI is InChI=1S/C13H15BrN2/c1-3-8-16-10(2)9-13(15-16)11-4-6-12(14)7-5-11/h4-7,9H,3,8H2,1-2H3. The van der Waals surface area contributed by atoms with Crippen LogP contribution in [0.5, 0.6) is 0 Å². The highest BCUT2D eigenvalue weighted by Gasteiger charge is 2.05. The molecule has 2 nitrogen and oxygen atoms in total. The second-order valence-corrected chi connectivity index (χ2v) is 4.82. The summed E-state index contributed by atoms with van der Waals surface area (Å²) in [7, 11) is 0. The Morgan fingerprint density at radius 1 is 1.25 bits per heavy atom.